The Morgan fingerprint density at radius 2 is 1.91 bits per heavy atom. The number of carbonyl (C=O) groups excluding carboxylic acids is 1. The molecule has 0 bridgehead atoms. The van der Waals surface area contributed by atoms with Crippen molar-refractivity contribution < 1.29 is 14.1 Å². The van der Waals surface area contributed by atoms with Gasteiger partial charge in [-0.25, -0.2) is 4.98 Å². The molecule has 1 amide bonds. The van der Waals surface area contributed by atoms with Gasteiger partial charge in [0.15, 0.2) is 5.58 Å². The third kappa shape index (κ3) is 4.33. The van der Waals surface area contributed by atoms with Gasteiger partial charge in [0.2, 0.25) is 5.89 Å². The average molecular weight is 450 g/mol. The number of nitrogens with one attached hydrogen (secondary N) is 1. The van der Waals surface area contributed by atoms with Crippen molar-refractivity contribution in [3.63, 3.8) is 0 Å². The number of oxazole rings is 1. The Hall–Kier alpha value is -3.71. The third-order valence-corrected chi connectivity index (χ3v) is 5.70. The van der Waals surface area contributed by atoms with E-state index in [2.05, 4.69) is 36.3 Å². The SMILES string of the molecule is CC[C@@H](C)c1ccc2oc(-c3ccc(NC(=O)c4ccc([N+](=O)[O-])cc4Cl)cc3)nc2c1. The highest BCUT2D eigenvalue weighted by molar-refractivity contribution is 6.34. The lowest BCUT2D eigenvalue weighted by Crippen LogP contribution is -2.12. The van der Waals surface area contributed by atoms with Gasteiger partial charge in [0.05, 0.1) is 15.5 Å². The van der Waals surface area contributed by atoms with Crippen LogP contribution < -0.4 is 5.32 Å². The van der Waals surface area contributed by atoms with Crippen molar-refractivity contribution in [2.24, 2.45) is 0 Å². The number of rotatable bonds is 6. The predicted octanol–water partition coefficient (Wildman–Crippen LogP) is 6.82. The molecule has 0 aliphatic heterocycles. The normalized spacial score (nSPS) is 12.0. The second-order valence-electron chi connectivity index (χ2n) is 7.51. The number of benzene rings is 3. The van der Waals surface area contributed by atoms with Crippen molar-refractivity contribution in [1.82, 2.24) is 4.98 Å². The average Bonchev–Trinajstić information content (AvgIpc) is 3.22. The zero-order chi connectivity index (χ0) is 22.8. The highest BCUT2D eigenvalue weighted by Gasteiger charge is 2.16. The molecule has 0 saturated heterocycles. The van der Waals surface area contributed by atoms with E-state index >= 15 is 0 Å². The maximum absolute atomic E-state index is 12.5. The molecule has 7 nitrogen and oxygen atoms in total. The van der Waals surface area contributed by atoms with Gasteiger partial charge in [-0.05, 0) is 60.4 Å². The molecule has 0 fully saturated rings. The number of aromatic nitrogens is 1. The first-order valence-corrected chi connectivity index (χ1v) is 10.5. The number of hydrogen-bond acceptors (Lipinski definition) is 5. The molecule has 3 aromatic carbocycles. The first-order valence-electron chi connectivity index (χ1n) is 10.1. The number of nitrogens with zero attached hydrogens (tertiary/aromatic N) is 2. The third-order valence-electron chi connectivity index (χ3n) is 5.39. The summed E-state index contributed by atoms with van der Waals surface area (Å²) in [4.78, 5) is 27.4. The van der Waals surface area contributed by atoms with Crippen LogP contribution >= 0.6 is 11.6 Å². The van der Waals surface area contributed by atoms with E-state index in [4.69, 9.17) is 16.0 Å². The van der Waals surface area contributed by atoms with E-state index in [1.807, 2.05) is 6.07 Å². The fraction of sp³-hybridized carbons (Fsp3) is 0.167. The molecule has 1 heterocycles. The van der Waals surface area contributed by atoms with E-state index in [0.29, 0.717) is 17.5 Å². The van der Waals surface area contributed by atoms with E-state index in [0.717, 1.165) is 29.2 Å². The fourth-order valence-corrected chi connectivity index (χ4v) is 3.57. The molecule has 162 valence electrons. The molecule has 4 rings (SSSR count). The van der Waals surface area contributed by atoms with Crippen molar-refractivity contribution in [3.05, 3.63) is 86.9 Å². The van der Waals surface area contributed by atoms with Crippen LogP contribution in [0.4, 0.5) is 11.4 Å². The van der Waals surface area contributed by atoms with Crippen LogP contribution in [0.5, 0.6) is 0 Å². The minimum Gasteiger partial charge on any atom is -0.436 e. The number of halogens is 1. The molecule has 0 saturated carbocycles. The van der Waals surface area contributed by atoms with Gasteiger partial charge in [0.25, 0.3) is 11.6 Å². The Balaban J connectivity index is 1.52. The Morgan fingerprint density at radius 3 is 2.56 bits per heavy atom. The number of fused-ring (bicyclic) bond motifs is 1. The monoisotopic (exact) mass is 449 g/mol. The van der Waals surface area contributed by atoms with E-state index in [-0.39, 0.29) is 16.3 Å². The number of amides is 1. The van der Waals surface area contributed by atoms with Gasteiger partial charge >= 0.3 is 0 Å². The van der Waals surface area contributed by atoms with Crippen LogP contribution in [0.15, 0.2) is 65.1 Å². The lowest BCUT2D eigenvalue weighted by molar-refractivity contribution is -0.384. The van der Waals surface area contributed by atoms with Crippen LogP contribution in [0.2, 0.25) is 5.02 Å². The molecule has 1 aromatic heterocycles. The van der Waals surface area contributed by atoms with Crippen LogP contribution in [-0.2, 0) is 0 Å². The van der Waals surface area contributed by atoms with Crippen molar-refractivity contribution in [1.29, 1.82) is 0 Å². The van der Waals surface area contributed by atoms with Gasteiger partial charge in [0, 0.05) is 23.4 Å². The van der Waals surface area contributed by atoms with Gasteiger partial charge in [-0.2, -0.15) is 0 Å². The molecular formula is C24H20ClN3O4. The van der Waals surface area contributed by atoms with Gasteiger partial charge < -0.3 is 9.73 Å². The molecule has 4 aromatic rings. The van der Waals surface area contributed by atoms with Crippen LogP contribution in [-0.4, -0.2) is 15.8 Å². The highest BCUT2D eigenvalue weighted by atomic mass is 35.5. The van der Waals surface area contributed by atoms with Gasteiger partial charge in [0.1, 0.15) is 5.52 Å². The summed E-state index contributed by atoms with van der Waals surface area (Å²) in [7, 11) is 0. The minimum atomic E-state index is -0.566. The summed E-state index contributed by atoms with van der Waals surface area (Å²) in [6, 6.07) is 16.8. The molecule has 8 heteroatoms. The van der Waals surface area contributed by atoms with Gasteiger partial charge in [-0.3, -0.25) is 14.9 Å². The van der Waals surface area contributed by atoms with Crippen molar-refractivity contribution in [2.75, 3.05) is 5.32 Å². The summed E-state index contributed by atoms with van der Waals surface area (Å²) < 4.78 is 5.89. The number of carbonyl (C=O) groups is 1. The summed E-state index contributed by atoms with van der Waals surface area (Å²) in [5, 5.41) is 13.6. The fourth-order valence-electron chi connectivity index (χ4n) is 3.31. The van der Waals surface area contributed by atoms with Crippen LogP contribution in [0, 0.1) is 10.1 Å². The van der Waals surface area contributed by atoms with Crippen molar-refractivity contribution >= 4 is 40.0 Å². The summed E-state index contributed by atoms with van der Waals surface area (Å²) in [6.07, 6.45) is 1.05. The molecule has 0 aliphatic carbocycles. The number of nitro benzene ring substituents is 1. The van der Waals surface area contributed by atoms with Crippen LogP contribution in [0.3, 0.4) is 0 Å². The largest absolute Gasteiger partial charge is 0.436 e. The lowest BCUT2D eigenvalue weighted by Gasteiger charge is -2.07. The maximum Gasteiger partial charge on any atom is 0.270 e. The Labute approximate surface area is 189 Å². The molecule has 0 radical (unpaired) electrons. The minimum absolute atomic E-state index is 0.0107. The highest BCUT2D eigenvalue weighted by Crippen LogP contribution is 2.29. The van der Waals surface area contributed by atoms with Crippen LogP contribution in [0.1, 0.15) is 42.1 Å². The smallest absolute Gasteiger partial charge is 0.270 e. The zero-order valence-electron chi connectivity index (χ0n) is 17.5. The zero-order valence-corrected chi connectivity index (χ0v) is 18.2. The molecule has 0 unspecified atom stereocenters. The Bertz CT molecular complexity index is 1310. The Kier molecular flexibility index (Phi) is 5.92. The molecule has 0 aliphatic rings. The van der Waals surface area contributed by atoms with E-state index in [1.165, 1.54) is 17.7 Å². The standard InChI is InChI=1S/C24H20ClN3O4/c1-3-14(2)16-6-11-22-21(12-16)27-24(32-22)15-4-7-17(8-5-15)26-23(29)19-10-9-18(28(30)31)13-20(19)25/h4-14H,3H2,1-2H3,(H,26,29)/t14-/m1/s1. The number of anilines is 1. The Morgan fingerprint density at radius 1 is 1.16 bits per heavy atom. The summed E-state index contributed by atoms with van der Waals surface area (Å²) in [5.41, 5.74) is 4.05. The molecule has 0 spiro atoms. The number of hydrogen-bond donors (Lipinski definition) is 1. The first-order chi connectivity index (χ1) is 15.4. The number of nitro groups is 1. The molecular weight excluding hydrogens is 430 g/mol. The van der Waals surface area contributed by atoms with Crippen molar-refractivity contribution in [2.45, 2.75) is 26.2 Å². The summed E-state index contributed by atoms with van der Waals surface area (Å²) >= 11 is 6.03. The quantitative estimate of drug-likeness (QED) is 0.257. The lowest BCUT2D eigenvalue weighted by atomic mass is 9.98. The molecule has 1 atom stereocenters. The van der Waals surface area contributed by atoms with E-state index < -0.39 is 10.8 Å². The summed E-state index contributed by atoms with van der Waals surface area (Å²) in [5.74, 6) is 0.487. The van der Waals surface area contributed by atoms with E-state index in [9.17, 15) is 14.9 Å². The van der Waals surface area contributed by atoms with Crippen molar-refractivity contribution in [3.8, 4) is 11.5 Å². The van der Waals surface area contributed by atoms with Gasteiger partial charge in [-0.15, -0.1) is 0 Å². The first kappa shape index (κ1) is 21.5. The molecule has 1 N–H and O–H groups in total. The van der Waals surface area contributed by atoms with Crippen LogP contribution in [0.25, 0.3) is 22.6 Å². The van der Waals surface area contributed by atoms with Gasteiger partial charge in [-0.1, -0.05) is 31.5 Å². The predicted molar refractivity (Wildman–Crippen MR) is 124 cm³/mol. The summed E-state index contributed by atoms with van der Waals surface area (Å²) in [6.45, 7) is 4.33. The second-order valence-corrected chi connectivity index (χ2v) is 7.92. The number of non-ortho nitro benzene ring substituents is 1. The topological polar surface area (TPSA) is 98.3 Å². The maximum atomic E-state index is 12.5. The van der Waals surface area contributed by atoms with E-state index in [1.54, 1.807) is 24.3 Å². The second kappa shape index (κ2) is 8.80. The molecule has 32 heavy (non-hydrogen) atoms.